The number of nitrogens with one attached hydrogen (secondary N) is 1. The van der Waals surface area contributed by atoms with E-state index in [1.54, 1.807) is 24.3 Å². The summed E-state index contributed by atoms with van der Waals surface area (Å²) in [5.74, 6) is 0. The van der Waals surface area contributed by atoms with Gasteiger partial charge in [-0.1, -0.05) is 12.5 Å². The molecule has 0 aromatic heterocycles. The van der Waals surface area contributed by atoms with Gasteiger partial charge in [-0.15, -0.1) is 0 Å². The van der Waals surface area contributed by atoms with Crippen LogP contribution < -0.4 is 5.32 Å². The molecule has 1 N–H and O–H groups in total. The van der Waals surface area contributed by atoms with Crippen LogP contribution in [0.15, 0.2) is 47.4 Å². The number of nitro groups is 1. The number of nitro benzene ring substituents is 1. The Labute approximate surface area is 157 Å². The van der Waals surface area contributed by atoms with Gasteiger partial charge in [0.25, 0.3) is 5.69 Å². The molecule has 1 fully saturated rings. The van der Waals surface area contributed by atoms with E-state index in [9.17, 15) is 18.5 Å². The molecule has 0 saturated carbocycles. The van der Waals surface area contributed by atoms with Crippen LogP contribution in [0.3, 0.4) is 0 Å². The lowest BCUT2D eigenvalue weighted by atomic mass is 10.2. The van der Waals surface area contributed by atoms with Crippen LogP contribution in [-0.4, -0.2) is 30.7 Å². The first-order valence-corrected chi connectivity index (χ1v) is 9.91. The zero-order chi connectivity index (χ0) is 19.4. The Bertz CT molecular complexity index is 1010. The Morgan fingerprint density at radius 3 is 2.52 bits per heavy atom. The summed E-state index contributed by atoms with van der Waals surface area (Å²) in [7, 11) is -3.76. The van der Waals surface area contributed by atoms with Crippen LogP contribution in [0.25, 0.3) is 0 Å². The van der Waals surface area contributed by atoms with Crippen molar-refractivity contribution in [3.8, 4) is 6.07 Å². The molecule has 2 aromatic carbocycles. The van der Waals surface area contributed by atoms with Gasteiger partial charge in [0.1, 0.15) is 5.69 Å². The van der Waals surface area contributed by atoms with Crippen molar-refractivity contribution in [2.45, 2.75) is 24.2 Å². The highest BCUT2D eigenvalue weighted by Gasteiger charge is 2.28. The third-order valence-electron chi connectivity index (χ3n) is 4.39. The number of hydrogen-bond donors (Lipinski definition) is 1. The van der Waals surface area contributed by atoms with Crippen molar-refractivity contribution in [1.29, 1.82) is 5.26 Å². The zero-order valence-corrected chi connectivity index (χ0v) is 15.3. The zero-order valence-electron chi connectivity index (χ0n) is 14.5. The lowest BCUT2D eigenvalue weighted by molar-refractivity contribution is -0.384. The molecule has 0 amide bonds. The molecule has 140 valence electrons. The molecule has 2 aromatic rings. The quantitative estimate of drug-likeness (QED) is 0.622. The van der Waals surface area contributed by atoms with Gasteiger partial charge in [0.15, 0.2) is 0 Å². The van der Waals surface area contributed by atoms with Crippen LogP contribution in [0.4, 0.5) is 17.1 Å². The highest BCUT2D eigenvalue weighted by Crippen LogP contribution is 2.32. The Morgan fingerprint density at radius 2 is 1.85 bits per heavy atom. The molecule has 3 rings (SSSR count). The number of anilines is 2. The summed E-state index contributed by atoms with van der Waals surface area (Å²) in [6.07, 6.45) is 2.56. The van der Waals surface area contributed by atoms with Crippen molar-refractivity contribution in [2.24, 2.45) is 0 Å². The van der Waals surface area contributed by atoms with Crippen LogP contribution in [0.1, 0.15) is 24.8 Å². The molecule has 1 aliphatic rings. The van der Waals surface area contributed by atoms with E-state index in [2.05, 4.69) is 5.32 Å². The molecule has 27 heavy (non-hydrogen) atoms. The standard InChI is InChI=1S/C18H18N4O4S/c19-13-14-5-4-6-15(11-14)20-17-8-7-16(12-18(17)22(23)24)27(25,26)21-9-2-1-3-10-21/h4-8,11-12,20H,1-3,9-10H2. The second-order valence-corrected chi connectivity index (χ2v) is 8.16. The average Bonchev–Trinajstić information content (AvgIpc) is 2.68. The van der Waals surface area contributed by atoms with E-state index in [1.165, 1.54) is 16.4 Å². The summed E-state index contributed by atoms with van der Waals surface area (Å²) >= 11 is 0. The van der Waals surface area contributed by atoms with Crippen molar-refractivity contribution in [3.05, 3.63) is 58.1 Å². The fourth-order valence-corrected chi connectivity index (χ4v) is 4.54. The van der Waals surface area contributed by atoms with Gasteiger partial charge in [0.05, 0.1) is 21.5 Å². The van der Waals surface area contributed by atoms with Crippen molar-refractivity contribution < 1.29 is 13.3 Å². The largest absolute Gasteiger partial charge is 0.350 e. The van der Waals surface area contributed by atoms with Crippen molar-refractivity contribution in [1.82, 2.24) is 4.31 Å². The second kappa shape index (κ2) is 7.73. The summed E-state index contributed by atoms with van der Waals surface area (Å²) in [4.78, 5) is 10.8. The smallest absolute Gasteiger partial charge is 0.294 e. The van der Waals surface area contributed by atoms with Crippen LogP contribution in [0.2, 0.25) is 0 Å². The molecule has 9 heteroatoms. The number of nitriles is 1. The van der Waals surface area contributed by atoms with Crippen LogP contribution in [0.5, 0.6) is 0 Å². The topological polar surface area (TPSA) is 116 Å². The van der Waals surface area contributed by atoms with Gasteiger partial charge in [0, 0.05) is 24.8 Å². The summed E-state index contributed by atoms with van der Waals surface area (Å²) < 4.78 is 26.9. The summed E-state index contributed by atoms with van der Waals surface area (Å²) in [5.41, 5.74) is 0.735. The number of rotatable bonds is 5. The molecule has 1 saturated heterocycles. The Balaban J connectivity index is 1.95. The van der Waals surface area contributed by atoms with Crippen LogP contribution in [0, 0.1) is 21.4 Å². The minimum atomic E-state index is -3.76. The van der Waals surface area contributed by atoms with Gasteiger partial charge in [-0.25, -0.2) is 8.42 Å². The predicted molar refractivity (Wildman–Crippen MR) is 100 cm³/mol. The summed E-state index contributed by atoms with van der Waals surface area (Å²) in [6.45, 7) is 0.855. The maximum absolute atomic E-state index is 12.8. The Morgan fingerprint density at radius 1 is 1.11 bits per heavy atom. The van der Waals surface area contributed by atoms with Gasteiger partial charge < -0.3 is 5.32 Å². The molecule has 8 nitrogen and oxygen atoms in total. The van der Waals surface area contributed by atoms with Gasteiger partial charge in [-0.2, -0.15) is 9.57 Å². The van der Waals surface area contributed by atoms with Gasteiger partial charge in [-0.3, -0.25) is 10.1 Å². The van der Waals surface area contributed by atoms with Crippen LogP contribution in [-0.2, 0) is 10.0 Å². The molecule has 0 aliphatic carbocycles. The van der Waals surface area contributed by atoms with E-state index < -0.39 is 14.9 Å². The van der Waals surface area contributed by atoms with E-state index in [1.807, 2.05) is 6.07 Å². The first-order valence-electron chi connectivity index (χ1n) is 8.47. The molecule has 0 spiro atoms. The molecular formula is C18H18N4O4S. The Hall–Kier alpha value is -2.96. The van der Waals surface area contributed by atoms with Gasteiger partial charge in [-0.05, 0) is 43.2 Å². The number of sulfonamides is 1. The predicted octanol–water partition coefficient (Wildman–Crippen LogP) is 3.38. The fourth-order valence-electron chi connectivity index (χ4n) is 3.00. The second-order valence-electron chi connectivity index (χ2n) is 6.22. The molecule has 0 unspecified atom stereocenters. The monoisotopic (exact) mass is 386 g/mol. The molecule has 1 heterocycles. The van der Waals surface area contributed by atoms with E-state index in [-0.39, 0.29) is 16.3 Å². The van der Waals surface area contributed by atoms with Crippen molar-refractivity contribution >= 4 is 27.1 Å². The van der Waals surface area contributed by atoms with E-state index in [0.717, 1.165) is 25.3 Å². The fraction of sp³-hybridized carbons (Fsp3) is 0.278. The SMILES string of the molecule is N#Cc1cccc(Nc2ccc(S(=O)(=O)N3CCCCC3)cc2[N+](=O)[O-])c1. The van der Waals surface area contributed by atoms with E-state index >= 15 is 0 Å². The Kier molecular flexibility index (Phi) is 5.39. The maximum atomic E-state index is 12.8. The number of piperidine rings is 1. The molecule has 0 atom stereocenters. The first kappa shape index (κ1) is 18.8. The lowest BCUT2D eigenvalue weighted by Gasteiger charge is -2.25. The minimum absolute atomic E-state index is 0.0903. The summed E-state index contributed by atoms with van der Waals surface area (Å²) in [6, 6.07) is 12.3. The third-order valence-corrected chi connectivity index (χ3v) is 6.28. The highest BCUT2D eigenvalue weighted by molar-refractivity contribution is 7.89. The molecule has 1 aliphatic heterocycles. The lowest BCUT2D eigenvalue weighted by Crippen LogP contribution is -2.35. The van der Waals surface area contributed by atoms with Crippen molar-refractivity contribution in [2.75, 3.05) is 18.4 Å². The summed E-state index contributed by atoms with van der Waals surface area (Å²) in [5, 5.41) is 23.3. The third kappa shape index (κ3) is 4.07. The maximum Gasteiger partial charge on any atom is 0.294 e. The normalized spacial score (nSPS) is 15.1. The first-order chi connectivity index (χ1) is 12.9. The van der Waals surface area contributed by atoms with E-state index in [4.69, 9.17) is 5.26 Å². The number of benzene rings is 2. The molecule has 0 radical (unpaired) electrons. The minimum Gasteiger partial charge on any atom is -0.350 e. The van der Waals surface area contributed by atoms with E-state index in [0.29, 0.717) is 24.3 Å². The van der Waals surface area contributed by atoms with Crippen molar-refractivity contribution in [3.63, 3.8) is 0 Å². The number of nitrogens with zero attached hydrogens (tertiary/aromatic N) is 3. The van der Waals surface area contributed by atoms with Crippen LogP contribution >= 0.6 is 0 Å². The molecular weight excluding hydrogens is 368 g/mol. The highest BCUT2D eigenvalue weighted by atomic mass is 32.2. The number of hydrogen-bond acceptors (Lipinski definition) is 6. The molecule has 0 bridgehead atoms. The van der Waals surface area contributed by atoms with Gasteiger partial charge >= 0.3 is 0 Å². The van der Waals surface area contributed by atoms with Gasteiger partial charge in [0.2, 0.25) is 10.0 Å². The average molecular weight is 386 g/mol.